The van der Waals surface area contributed by atoms with Crippen molar-refractivity contribution in [2.75, 3.05) is 11.9 Å². The van der Waals surface area contributed by atoms with Gasteiger partial charge in [-0.2, -0.15) is 0 Å². The Kier molecular flexibility index (Phi) is 5.46. The first kappa shape index (κ1) is 15.0. The van der Waals surface area contributed by atoms with Crippen LogP contribution < -0.4 is 5.32 Å². The van der Waals surface area contributed by atoms with E-state index in [1.54, 1.807) is 0 Å². The van der Waals surface area contributed by atoms with Crippen molar-refractivity contribution < 1.29 is 4.79 Å². The molecule has 1 fully saturated rings. The molecule has 1 amide bonds. The highest BCUT2D eigenvalue weighted by atomic mass is 79.9. The second kappa shape index (κ2) is 6.89. The maximum atomic E-state index is 12.2. The molecule has 1 aromatic carbocycles. The number of rotatable bonds is 4. The Morgan fingerprint density at radius 2 is 2.11 bits per heavy atom. The van der Waals surface area contributed by atoms with Gasteiger partial charge in [0.05, 0.1) is 0 Å². The number of amides is 1. The van der Waals surface area contributed by atoms with E-state index in [9.17, 15) is 4.79 Å². The Labute approximate surface area is 131 Å². The van der Waals surface area contributed by atoms with Crippen molar-refractivity contribution in [3.8, 4) is 0 Å². The van der Waals surface area contributed by atoms with E-state index in [0.29, 0.717) is 11.8 Å². The van der Waals surface area contributed by atoms with Crippen molar-refractivity contribution in [3.05, 3.63) is 33.8 Å². The van der Waals surface area contributed by atoms with Gasteiger partial charge in [0.1, 0.15) is 0 Å². The fraction of sp³-hybridized carbons (Fsp3) is 0.533. The summed E-state index contributed by atoms with van der Waals surface area (Å²) in [5, 5.41) is 4.14. The fourth-order valence-electron chi connectivity index (χ4n) is 2.74. The minimum atomic E-state index is 0.0408. The minimum absolute atomic E-state index is 0.0408. The Bertz CT molecular complexity index is 461. The zero-order valence-electron chi connectivity index (χ0n) is 11.1. The fourth-order valence-corrected chi connectivity index (χ4v) is 3.96. The highest BCUT2D eigenvalue weighted by molar-refractivity contribution is 9.10. The smallest absolute Gasteiger partial charge is 0.251 e. The highest BCUT2D eigenvalue weighted by Crippen LogP contribution is 2.32. The van der Waals surface area contributed by atoms with E-state index in [0.717, 1.165) is 27.5 Å². The predicted molar refractivity (Wildman–Crippen MR) is 85.8 cm³/mol. The minimum Gasteiger partial charge on any atom is -0.352 e. The molecule has 1 aliphatic carbocycles. The van der Waals surface area contributed by atoms with Crippen LogP contribution in [-0.4, -0.2) is 17.8 Å². The summed E-state index contributed by atoms with van der Waals surface area (Å²) in [4.78, 5) is 12.2. The molecule has 0 saturated heterocycles. The molecular formula is C15H19Br2NO. The summed E-state index contributed by atoms with van der Waals surface area (Å²) in [7, 11) is 0. The third-order valence-corrected chi connectivity index (χ3v) is 5.31. The molecule has 2 atom stereocenters. The Morgan fingerprint density at radius 3 is 2.84 bits per heavy atom. The van der Waals surface area contributed by atoms with Gasteiger partial charge in [0.25, 0.3) is 5.91 Å². The standard InChI is InChI=1S/C15H19Br2NO/c1-10-5-6-13(17)7-14(10)15(19)18-9-12-4-2-3-11(12)8-16/h5-7,11-12H,2-4,8-9H2,1H3,(H,18,19). The van der Waals surface area contributed by atoms with Crippen molar-refractivity contribution >= 4 is 37.8 Å². The van der Waals surface area contributed by atoms with Gasteiger partial charge in [0.2, 0.25) is 0 Å². The molecule has 1 aliphatic rings. The SMILES string of the molecule is Cc1ccc(Br)cc1C(=O)NCC1CCCC1CBr. The first-order valence-corrected chi connectivity index (χ1v) is 8.63. The first-order valence-electron chi connectivity index (χ1n) is 6.72. The average molecular weight is 389 g/mol. The molecule has 2 rings (SSSR count). The summed E-state index contributed by atoms with van der Waals surface area (Å²) in [6.07, 6.45) is 3.79. The van der Waals surface area contributed by atoms with Crippen molar-refractivity contribution in [1.29, 1.82) is 0 Å². The molecule has 1 saturated carbocycles. The molecule has 0 aromatic heterocycles. The lowest BCUT2D eigenvalue weighted by atomic mass is 9.98. The topological polar surface area (TPSA) is 29.1 Å². The van der Waals surface area contributed by atoms with Crippen LogP contribution in [0.4, 0.5) is 0 Å². The van der Waals surface area contributed by atoms with E-state index >= 15 is 0 Å². The predicted octanol–water partition coefficient (Wildman–Crippen LogP) is 4.30. The number of carbonyl (C=O) groups excluding carboxylic acids is 1. The van der Waals surface area contributed by atoms with Crippen molar-refractivity contribution in [3.63, 3.8) is 0 Å². The molecule has 0 bridgehead atoms. The number of halogens is 2. The maximum absolute atomic E-state index is 12.2. The van der Waals surface area contributed by atoms with Crippen LogP contribution in [0.2, 0.25) is 0 Å². The molecule has 1 N–H and O–H groups in total. The number of carbonyl (C=O) groups is 1. The zero-order chi connectivity index (χ0) is 13.8. The summed E-state index contributed by atoms with van der Waals surface area (Å²) in [5.41, 5.74) is 1.78. The van der Waals surface area contributed by atoms with Crippen molar-refractivity contribution in [2.45, 2.75) is 26.2 Å². The van der Waals surface area contributed by atoms with Gasteiger partial charge in [0, 0.05) is 21.9 Å². The Hall–Kier alpha value is -0.350. The number of benzene rings is 1. The molecule has 0 aliphatic heterocycles. The van der Waals surface area contributed by atoms with Gasteiger partial charge in [-0.05, 0) is 49.3 Å². The molecule has 0 spiro atoms. The van der Waals surface area contributed by atoms with E-state index in [2.05, 4.69) is 37.2 Å². The van der Waals surface area contributed by atoms with Crippen LogP contribution >= 0.6 is 31.9 Å². The van der Waals surface area contributed by atoms with Gasteiger partial charge in [-0.15, -0.1) is 0 Å². The molecule has 0 radical (unpaired) electrons. The second-order valence-corrected chi connectivity index (χ2v) is 6.84. The molecule has 19 heavy (non-hydrogen) atoms. The van der Waals surface area contributed by atoms with Gasteiger partial charge in [-0.1, -0.05) is 44.3 Å². The molecule has 0 heterocycles. The van der Waals surface area contributed by atoms with Gasteiger partial charge in [-0.25, -0.2) is 0 Å². The van der Waals surface area contributed by atoms with E-state index < -0.39 is 0 Å². The van der Waals surface area contributed by atoms with E-state index in [1.165, 1.54) is 19.3 Å². The van der Waals surface area contributed by atoms with E-state index in [1.807, 2.05) is 25.1 Å². The lowest BCUT2D eigenvalue weighted by Crippen LogP contribution is -2.31. The van der Waals surface area contributed by atoms with Crippen LogP contribution in [0.3, 0.4) is 0 Å². The lowest BCUT2D eigenvalue weighted by Gasteiger charge is -2.18. The van der Waals surface area contributed by atoms with Gasteiger partial charge in [0.15, 0.2) is 0 Å². The molecular weight excluding hydrogens is 370 g/mol. The summed E-state index contributed by atoms with van der Waals surface area (Å²) in [6.45, 7) is 2.76. The summed E-state index contributed by atoms with van der Waals surface area (Å²) in [5.74, 6) is 1.37. The van der Waals surface area contributed by atoms with Crippen molar-refractivity contribution in [2.24, 2.45) is 11.8 Å². The Morgan fingerprint density at radius 1 is 1.37 bits per heavy atom. The third kappa shape index (κ3) is 3.82. The number of aryl methyl sites for hydroxylation is 1. The normalized spacial score (nSPS) is 22.5. The molecule has 104 valence electrons. The van der Waals surface area contributed by atoms with Crippen LogP contribution in [0, 0.1) is 18.8 Å². The monoisotopic (exact) mass is 387 g/mol. The lowest BCUT2D eigenvalue weighted by molar-refractivity contribution is 0.0944. The first-order chi connectivity index (χ1) is 9.11. The average Bonchev–Trinajstić information content (AvgIpc) is 2.86. The van der Waals surface area contributed by atoms with Crippen LogP contribution in [0.15, 0.2) is 22.7 Å². The van der Waals surface area contributed by atoms with Crippen LogP contribution in [0.5, 0.6) is 0 Å². The molecule has 2 nitrogen and oxygen atoms in total. The molecule has 1 aromatic rings. The molecule has 4 heteroatoms. The second-order valence-electron chi connectivity index (χ2n) is 5.27. The number of hydrogen-bond acceptors (Lipinski definition) is 1. The molecule has 2 unspecified atom stereocenters. The van der Waals surface area contributed by atoms with Gasteiger partial charge >= 0.3 is 0 Å². The van der Waals surface area contributed by atoms with Gasteiger partial charge < -0.3 is 5.32 Å². The Balaban J connectivity index is 1.96. The highest BCUT2D eigenvalue weighted by Gasteiger charge is 2.26. The maximum Gasteiger partial charge on any atom is 0.251 e. The van der Waals surface area contributed by atoms with Gasteiger partial charge in [-0.3, -0.25) is 4.79 Å². The number of nitrogens with one attached hydrogen (secondary N) is 1. The zero-order valence-corrected chi connectivity index (χ0v) is 14.3. The quantitative estimate of drug-likeness (QED) is 0.765. The third-order valence-electron chi connectivity index (χ3n) is 3.98. The largest absolute Gasteiger partial charge is 0.352 e. The van der Waals surface area contributed by atoms with Crippen LogP contribution in [0.25, 0.3) is 0 Å². The van der Waals surface area contributed by atoms with E-state index in [-0.39, 0.29) is 5.91 Å². The van der Waals surface area contributed by atoms with E-state index in [4.69, 9.17) is 0 Å². The summed E-state index contributed by atoms with van der Waals surface area (Å²) < 4.78 is 0.947. The number of hydrogen-bond donors (Lipinski definition) is 1. The van der Waals surface area contributed by atoms with Crippen molar-refractivity contribution in [1.82, 2.24) is 5.32 Å². The van der Waals surface area contributed by atoms with Crippen LogP contribution in [-0.2, 0) is 0 Å². The summed E-state index contributed by atoms with van der Waals surface area (Å²) >= 11 is 6.99. The number of alkyl halides is 1. The summed E-state index contributed by atoms with van der Waals surface area (Å²) in [6, 6.07) is 5.82. The van der Waals surface area contributed by atoms with Crippen LogP contribution in [0.1, 0.15) is 35.2 Å².